The highest BCUT2D eigenvalue weighted by molar-refractivity contribution is 5.89. The van der Waals surface area contributed by atoms with E-state index in [9.17, 15) is 9.90 Å². The van der Waals surface area contributed by atoms with E-state index in [4.69, 9.17) is 0 Å². The van der Waals surface area contributed by atoms with Gasteiger partial charge in [0.05, 0.1) is 5.60 Å². The molecule has 2 nitrogen and oxygen atoms in total. The predicted molar refractivity (Wildman–Crippen MR) is 87.1 cm³/mol. The minimum absolute atomic E-state index is 0.0612. The van der Waals surface area contributed by atoms with Crippen molar-refractivity contribution in [3.8, 4) is 0 Å². The molecule has 0 heterocycles. The van der Waals surface area contributed by atoms with E-state index in [2.05, 4.69) is 41.5 Å². The largest absolute Gasteiger partial charge is 0.389 e. The van der Waals surface area contributed by atoms with Crippen molar-refractivity contribution in [1.29, 1.82) is 0 Å². The number of ketones is 1. The monoisotopic (exact) mass is 304 g/mol. The maximum atomic E-state index is 13.0. The molecule has 22 heavy (non-hydrogen) atoms. The Labute approximate surface area is 135 Å². The molecule has 7 aliphatic rings. The lowest BCUT2D eigenvalue weighted by Crippen LogP contribution is -2.76. The fourth-order valence-electron chi connectivity index (χ4n) is 7.20. The van der Waals surface area contributed by atoms with Gasteiger partial charge in [0.25, 0.3) is 0 Å². The maximum Gasteiger partial charge on any atom is 0.142 e. The van der Waals surface area contributed by atoms with Gasteiger partial charge in [0, 0.05) is 11.8 Å². The number of rotatable bonds is 0. The van der Waals surface area contributed by atoms with Crippen molar-refractivity contribution in [2.24, 2.45) is 52.3 Å². The van der Waals surface area contributed by atoms with Gasteiger partial charge in [-0.25, -0.2) is 0 Å². The molecule has 124 valence electrons. The van der Waals surface area contributed by atoms with Crippen LogP contribution in [0.5, 0.6) is 0 Å². The highest BCUT2D eigenvalue weighted by atomic mass is 16.3. The Morgan fingerprint density at radius 2 is 1.59 bits per heavy atom. The van der Waals surface area contributed by atoms with Crippen LogP contribution in [0, 0.1) is 52.3 Å². The fraction of sp³-hybridized carbons (Fsp3) is 0.950. The summed E-state index contributed by atoms with van der Waals surface area (Å²) < 4.78 is 0. The molecule has 1 N–H and O–H groups in total. The number of carbonyl (C=O) groups is 1. The third kappa shape index (κ3) is 1.63. The maximum absolute atomic E-state index is 13.0. The molecule has 2 heteroatoms. The van der Waals surface area contributed by atoms with Crippen LogP contribution in [0.25, 0.3) is 0 Å². The quantitative estimate of drug-likeness (QED) is 0.736. The molecule has 7 fully saturated rings. The van der Waals surface area contributed by atoms with Gasteiger partial charge < -0.3 is 5.11 Å². The Balaban J connectivity index is 1.80. The van der Waals surface area contributed by atoms with Gasteiger partial charge in [-0.1, -0.05) is 41.5 Å². The van der Waals surface area contributed by atoms with Crippen LogP contribution in [0.15, 0.2) is 0 Å². The average molecular weight is 304 g/mol. The minimum Gasteiger partial charge on any atom is -0.389 e. The molecule has 6 bridgehead atoms. The zero-order valence-electron chi connectivity index (χ0n) is 15.0. The predicted octanol–water partition coefficient (Wildman–Crippen LogP) is 3.92. The third-order valence-corrected chi connectivity index (χ3v) is 8.02. The zero-order chi connectivity index (χ0) is 16.2. The molecule has 0 unspecified atom stereocenters. The first-order valence-corrected chi connectivity index (χ1v) is 9.22. The molecule has 7 aliphatic carbocycles. The number of hydrogen-bond donors (Lipinski definition) is 1. The van der Waals surface area contributed by atoms with Crippen LogP contribution in [0.4, 0.5) is 0 Å². The molecule has 0 aromatic carbocycles. The third-order valence-electron chi connectivity index (χ3n) is 8.02. The first kappa shape index (κ1) is 15.2. The van der Waals surface area contributed by atoms with Gasteiger partial charge >= 0.3 is 0 Å². The Bertz CT molecular complexity index is 523. The first-order chi connectivity index (χ1) is 9.96. The number of aliphatic hydroxyl groups is 1. The summed E-state index contributed by atoms with van der Waals surface area (Å²) in [6.07, 6.45) is 2.97. The first-order valence-electron chi connectivity index (χ1n) is 9.22. The summed E-state index contributed by atoms with van der Waals surface area (Å²) >= 11 is 0. The summed E-state index contributed by atoms with van der Waals surface area (Å²) in [5.41, 5.74) is -0.167. The molecule has 8 atom stereocenters. The van der Waals surface area contributed by atoms with E-state index in [1.54, 1.807) is 0 Å². The molecule has 0 aromatic heterocycles. The molecule has 0 spiro atoms. The standard InChI is InChI=1S/C20H32O2/c1-18(2,3)11-7-13-16-12(19(4,5)6)8-14-17(21)15(16)10(11)9-20(13,14)22/h10-16,22H,7-9H2,1-6H3/t10-,11-,12+,13+,14+,15+,16+,20-/m1/s1. The lowest BCUT2D eigenvalue weighted by atomic mass is 9.32. The van der Waals surface area contributed by atoms with E-state index in [1.807, 2.05) is 0 Å². The molecule has 0 amide bonds. The average Bonchev–Trinajstić information content (AvgIpc) is 2.34. The highest BCUT2D eigenvalue weighted by Gasteiger charge is 2.74. The Morgan fingerprint density at radius 3 is 2.14 bits per heavy atom. The lowest BCUT2D eigenvalue weighted by Gasteiger charge is -2.73. The van der Waals surface area contributed by atoms with E-state index >= 15 is 0 Å². The van der Waals surface area contributed by atoms with E-state index in [1.165, 1.54) is 0 Å². The van der Waals surface area contributed by atoms with Gasteiger partial charge in [-0.3, -0.25) is 4.79 Å². The molecule has 0 radical (unpaired) electrons. The van der Waals surface area contributed by atoms with E-state index < -0.39 is 5.60 Å². The van der Waals surface area contributed by atoms with Crippen LogP contribution in [0.1, 0.15) is 60.8 Å². The molecule has 0 aromatic rings. The van der Waals surface area contributed by atoms with Crippen LogP contribution < -0.4 is 0 Å². The second-order valence-electron chi connectivity index (χ2n) is 10.9. The highest BCUT2D eigenvalue weighted by Crippen LogP contribution is 2.72. The Morgan fingerprint density at radius 1 is 1.00 bits per heavy atom. The number of Topliss-reactive ketones (excluding diaryl/α,β-unsaturated/α-hetero) is 1. The van der Waals surface area contributed by atoms with E-state index in [0.29, 0.717) is 35.4 Å². The van der Waals surface area contributed by atoms with Crippen molar-refractivity contribution in [2.75, 3.05) is 0 Å². The van der Waals surface area contributed by atoms with Crippen LogP contribution in [-0.4, -0.2) is 16.5 Å². The SMILES string of the molecule is CC(C)(C)[C@@H]1C[C@H]2[C@H]3[C@H]4C(=O)[C@H](C[C@@H]3C(C)(C)C)[C@@]2(O)C[C@@H]41. The molecular weight excluding hydrogens is 272 g/mol. The Hall–Kier alpha value is -0.370. The van der Waals surface area contributed by atoms with Crippen molar-refractivity contribution in [3.63, 3.8) is 0 Å². The minimum atomic E-state index is -0.662. The lowest BCUT2D eigenvalue weighted by molar-refractivity contribution is -0.281. The molecule has 7 rings (SSSR count). The van der Waals surface area contributed by atoms with Gasteiger partial charge in [-0.15, -0.1) is 0 Å². The van der Waals surface area contributed by atoms with Gasteiger partial charge in [-0.2, -0.15) is 0 Å². The molecular formula is C20H32O2. The van der Waals surface area contributed by atoms with Crippen molar-refractivity contribution in [3.05, 3.63) is 0 Å². The van der Waals surface area contributed by atoms with Crippen molar-refractivity contribution < 1.29 is 9.90 Å². The van der Waals surface area contributed by atoms with Crippen molar-refractivity contribution in [2.45, 2.75) is 66.4 Å². The Kier molecular flexibility index (Phi) is 2.75. The van der Waals surface area contributed by atoms with Gasteiger partial charge in [0.1, 0.15) is 5.78 Å². The molecule has 7 saturated carbocycles. The second kappa shape index (κ2) is 3.99. The van der Waals surface area contributed by atoms with E-state index in [0.717, 1.165) is 19.3 Å². The van der Waals surface area contributed by atoms with Crippen LogP contribution in [-0.2, 0) is 4.79 Å². The van der Waals surface area contributed by atoms with Crippen molar-refractivity contribution in [1.82, 2.24) is 0 Å². The van der Waals surface area contributed by atoms with Gasteiger partial charge in [0.2, 0.25) is 0 Å². The summed E-state index contributed by atoms with van der Waals surface area (Å²) in [6, 6.07) is 0. The van der Waals surface area contributed by atoms with E-state index in [-0.39, 0.29) is 22.7 Å². The van der Waals surface area contributed by atoms with Crippen molar-refractivity contribution >= 4 is 5.78 Å². The summed E-state index contributed by atoms with van der Waals surface area (Å²) in [5.74, 6) is 3.06. The van der Waals surface area contributed by atoms with Gasteiger partial charge in [0.15, 0.2) is 0 Å². The van der Waals surface area contributed by atoms with Crippen LogP contribution >= 0.6 is 0 Å². The van der Waals surface area contributed by atoms with Crippen LogP contribution in [0.3, 0.4) is 0 Å². The number of fused-ring (bicyclic) bond motifs is 2. The summed E-state index contributed by atoms with van der Waals surface area (Å²) in [7, 11) is 0. The number of hydrogen-bond acceptors (Lipinski definition) is 2. The second-order valence-corrected chi connectivity index (χ2v) is 10.9. The summed E-state index contributed by atoms with van der Waals surface area (Å²) in [5, 5.41) is 11.4. The normalized spacial score (nSPS) is 53.4. The number of carbonyl (C=O) groups excluding carboxylic acids is 1. The summed E-state index contributed by atoms with van der Waals surface area (Å²) in [6.45, 7) is 13.9. The summed E-state index contributed by atoms with van der Waals surface area (Å²) in [4.78, 5) is 13.0. The molecule has 0 aliphatic heterocycles. The molecule has 0 saturated heterocycles. The zero-order valence-corrected chi connectivity index (χ0v) is 15.0. The topological polar surface area (TPSA) is 37.3 Å². The smallest absolute Gasteiger partial charge is 0.142 e. The van der Waals surface area contributed by atoms with Gasteiger partial charge in [-0.05, 0) is 59.7 Å². The fourth-order valence-corrected chi connectivity index (χ4v) is 7.20. The van der Waals surface area contributed by atoms with Crippen LogP contribution in [0.2, 0.25) is 0 Å².